The highest BCUT2D eigenvalue weighted by Crippen LogP contribution is 2.25. The summed E-state index contributed by atoms with van der Waals surface area (Å²) in [6.07, 6.45) is 5.59. The normalized spacial score (nSPS) is 16.1. The summed E-state index contributed by atoms with van der Waals surface area (Å²) in [5.41, 5.74) is 2.67. The zero-order valence-corrected chi connectivity index (χ0v) is 17.1. The first-order valence-corrected chi connectivity index (χ1v) is 9.94. The Hall–Kier alpha value is -2.70. The minimum atomic E-state index is -0.107. The Morgan fingerprint density at radius 2 is 1.93 bits per heavy atom. The van der Waals surface area contributed by atoms with Crippen LogP contribution in [-0.2, 0) is 12.0 Å². The van der Waals surface area contributed by atoms with Gasteiger partial charge in [0.15, 0.2) is 5.65 Å². The molecular weight excluding hydrogens is 352 g/mol. The lowest BCUT2D eigenvalue weighted by molar-refractivity contribution is 0.348. The van der Waals surface area contributed by atoms with Gasteiger partial charge in [-0.1, -0.05) is 20.8 Å². The summed E-state index contributed by atoms with van der Waals surface area (Å²) in [5, 5.41) is 4.42. The van der Waals surface area contributed by atoms with Crippen molar-refractivity contribution in [2.75, 3.05) is 18.0 Å². The molecule has 0 radical (unpaired) electrons. The molecule has 4 heterocycles. The molecule has 28 heavy (non-hydrogen) atoms. The molecule has 1 fully saturated rings. The van der Waals surface area contributed by atoms with Gasteiger partial charge in [-0.15, -0.1) is 0 Å². The maximum Gasteiger partial charge on any atom is 0.253 e. The predicted molar refractivity (Wildman–Crippen MR) is 110 cm³/mol. The Morgan fingerprint density at radius 1 is 1.18 bits per heavy atom. The highest BCUT2D eigenvalue weighted by Gasteiger charge is 2.23. The van der Waals surface area contributed by atoms with Gasteiger partial charge < -0.3 is 4.90 Å². The number of fused-ring (bicyclic) bond motifs is 1. The molecule has 3 aromatic heterocycles. The van der Waals surface area contributed by atoms with Gasteiger partial charge in [0.1, 0.15) is 5.82 Å². The number of aromatic nitrogens is 5. The van der Waals surface area contributed by atoms with Gasteiger partial charge in [0.05, 0.1) is 18.2 Å². The van der Waals surface area contributed by atoms with Gasteiger partial charge in [-0.05, 0) is 25.7 Å². The molecule has 7 heteroatoms. The number of anilines is 1. The van der Waals surface area contributed by atoms with E-state index in [1.807, 2.05) is 17.5 Å². The maximum absolute atomic E-state index is 12.5. The van der Waals surface area contributed by atoms with Gasteiger partial charge in [-0.25, -0.2) is 9.97 Å². The first kappa shape index (κ1) is 18.7. The van der Waals surface area contributed by atoms with E-state index in [1.54, 1.807) is 23.2 Å². The summed E-state index contributed by atoms with van der Waals surface area (Å²) < 4.78 is 3.67. The third-order valence-electron chi connectivity index (χ3n) is 5.51. The van der Waals surface area contributed by atoms with Gasteiger partial charge in [-0.2, -0.15) is 9.61 Å². The zero-order chi connectivity index (χ0) is 19.9. The van der Waals surface area contributed by atoms with E-state index < -0.39 is 0 Å². The average Bonchev–Trinajstić information content (AvgIpc) is 3.11. The Labute approximate surface area is 165 Å². The van der Waals surface area contributed by atoms with Crippen LogP contribution in [0.4, 0.5) is 5.82 Å². The molecule has 3 aromatic rings. The lowest BCUT2D eigenvalue weighted by Gasteiger charge is -2.33. The number of piperidine rings is 1. The zero-order valence-electron chi connectivity index (χ0n) is 17.1. The fourth-order valence-electron chi connectivity index (χ4n) is 3.84. The van der Waals surface area contributed by atoms with Crippen molar-refractivity contribution in [3.05, 3.63) is 52.5 Å². The van der Waals surface area contributed by atoms with Crippen LogP contribution in [0.15, 0.2) is 35.5 Å². The molecule has 1 aliphatic rings. The summed E-state index contributed by atoms with van der Waals surface area (Å²) in [5.74, 6) is 1.58. The molecule has 1 saturated heterocycles. The topological polar surface area (TPSA) is 68.3 Å². The number of hydrogen-bond donors (Lipinski definition) is 0. The van der Waals surface area contributed by atoms with Gasteiger partial charge in [0.25, 0.3) is 5.56 Å². The van der Waals surface area contributed by atoms with Crippen molar-refractivity contribution in [1.82, 2.24) is 24.1 Å². The molecule has 0 spiro atoms. The van der Waals surface area contributed by atoms with Crippen LogP contribution >= 0.6 is 0 Å². The van der Waals surface area contributed by atoms with Crippen LogP contribution in [0.3, 0.4) is 0 Å². The Bertz CT molecular complexity index is 1040. The lowest BCUT2D eigenvalue weighted by Crippen LogP contribution is -2.37. The van der Waals surface area contributed by atoms with Crippen LogP contribution in [0.1, 0.15) is 45.0 Å². The van der Waals surface area contributed by atoms with Crippen LogP contribution in [0.5, 0.6) is 0 Å². The van der Waals surface area contributed by atoms with Gasteiger partial charge in [-0.3, -0.25) is 9.36 Å². The van der Waals surface area contributed by atoms with E-state index in [4.69, 9.17) is 0 Å². The van der Waals surface area contributed by atoms with Crippen molar-refractivity contribution in [2.24, 2.45) is 5.92 Å². The Kier molecular flexibility index (Phi) is 4.69. The van der Waals surface area contributed by atoms with Crippen molar-refractivity contribution in [1.29, 1.82) is 0 Å². The molecule has 0 unspecified atom stereocenters. The predicted octanol–water partition coefficient (Wildman–Crippen LogP) is 2.81. The number of rotatable bonds is 3. The molecule has 148 valence electrons. The molecule has 0 N–H and O–H groups in total. The number of nitrogens with zero attached hydrogens (tertiary/aromatic N) is 6. The van der Waals surface area contributed by atoms with Crippen molar-refractivity contribution in [3.8, 4) is 0 Å². The molecule has 0 amide bonds. The van der Waals surface area contributed by atoms with E-state index in [0.717, 1.165) is 55.3 Å². The second-order valence-corrected chi connectivity index (χ2v) is 8.80. The standard InChI is InChI=1S/C21H28N6O/c1-15-11-19(27-18(24-15)5-8-23-27)25-9-6-16(7-10-25)13-26-14-22-17(12-20(26)28)21(2,3)4/h5,8,11-12,14,16H,6-7,9-10,13H2,1-4H3. The van der Waals surface area contributed by atoms with Crippen molar-refractivity contribution in [2.45, 2.75) is 52.5 Å². The minimum Gasteiger partial charge on any atom is -0.356 e. The molecular formula is C21H28N6O. The second kappa shape index (κ2) is 7.04. The minimum absolute atomic E-state index is 0.0466. The van der Waals surface area contributed by atoms with Crippen molar-refractivity contribution in [3.63, 3.8) is 0 Å². The third kappa shape index (κ3) is 3.66. The molecule has 0 saturated carbocycles. The summed E-state index contributed by atoms with van der Waals surface area (Å²) in [4.78, 5) is 23.9. The summed E-state index contributed by atoms with van der Waals surface area (Å²) in [6, 6.07) is 5.72. The van der Waals surface area contributed by atoms with Crippen LogP contribution in [0, 0.1) is 12.8 Å². The van der Waals surface area contributed by atoms with E-state index in [1.165, 1.54) is 0 Å². The average molecular weight is 380 g/mol. The van der Waals surface area contributed by atoms with Crippen LogP contribution in [-0.4, -0.2) is 37.2 Å². The molecule has 0 atom stereocenters. The Morgan fingerprint density at radius 3 is 2.61 bits per heavy atom. The number of aryl methyl sites for hydroxylation is 1. The van der Waals surface area contributed by atoms with Crippen molar-refractivity contribution < 1.29 is 0 Å². The monoisotopic (exact) mass is 380 g/mol. The molecule has 0 bridgehead atoms. The quantitative estimate of drug-likeness (QED) is 0.699. The summed E-state index contributed by atoms with van der Waals surface area (Å²) >= 11 is 0. The van der Waals surface area contributed by atoms with Crippen LogP contribution < -0.4 is 10.5 Å². The fourth-order valence-corrected chi connectivity index (χ4v) is 3.84. The van der Waals surface area contributed by atoms with Crippen molar-refractivity contribution >= 4 is 11.5 Å². The molecule has 0 aromatic carbocycles. The van der Waals surface area contributed by atoms with E-state index in [-0.39, 0.29) is 11.0 Å². The maximum atomic E-state index is 12.5. The second-order valence-electron chi connectivity index (χ2n) is 8.80. The summed E-state index contributed by atoms with van der Waals surface area (Å²) in [7, 11) is 0. The smallest absolute Gasteiger partial charge is 0.253 e. The molecule has 7 nitrogen and oxygen atoms in total. The van der Waals surface area contributed by atoms with E-state index in [9.17, 15) is 4.79 Å². The third-order valence-corrected chi connectivity index (χ3v) is 5.51. The van der Waals surface area contributed by atoms with E-state index in [2.05, 4.69) is 46.8 Å². The molecule has 4 rings (SSSR count). The highest BCUT2D eigenvalue weighted by atomic mass is 16.1. The highest BCUT2D eigenvalue weighted by molar-refractivity contribution is 5.50. The molecule has 0 aliphatic carbocycles. The van der Waals surface area contributed by atoms with E-state index in [0.29, 0.717) is 5.92 Å². The first-order chi connectivity index (χ1) is 13.3. The lowest BCUT2D eigenvalue weighted by atomic mass is 9.92. The number of hydrogen-bond acceptors (Lipinski definition) is 5. The summed E-state index contributed by atoms with van der Waals surface area (Å²) in [6.45, 7) is 10.9. The fraction of sp³-hybridized carbons (Fsp3) is 0.524. The SMILES string of the molecule is Cc1cc(N2CCC(Cn3cnc(C(C)(C)C)cc3=O)CC2)n2nccc2n1. The van der Waals surface area contributed by atoms with E-state index >= 15 is 0 Å². The van der Waals surface area contributed by atoms with Crippen LogP contribution in [0.25, 0.3) is 5.65 Å². The van der Waals surface area contributed by atoms with Crippen LogP contribution in [0.2, 0.25) is 0 Å². The van der Waals surface area contributed by atoms with Gasteiger partial charge in [0, 0.05) is 48.9 Å². The Balaban J connectivity index is 1.45. The van der Waals surface area contributed by atoms with Gasteiger partial charge in [0.2, 0.25) is 0 Å². The molecule has 1 aliphatic heterocycles. The van der Waals surface area contributed by atoms with Gasteiger partial charge >= 0.3 is 0 Å². The largest absolute Gasteiger partial charge is 0.356 e. The first-order valence-electron chi connectivity index (χ1n) is 9.94.